The Morgan fingerprint density at radius 3 is 2.25 bits per heavy atom. The van der Waals surface area contributed by atoms with Gasteiger partial charge in [0, 0.05) is 0 Å². The van der Waals surface area contributed by atoms with E-state index in [-0.39, 0.29) is 11.1 Å². The van der Waals surface area contributed by atoms with Crippen LogP contribution in [0.25, 0.3) is 0 Å². The van der Waals surface area contributed by atoms with E-state index in [4.69, 9.17) is 0 Å². The molecule has 0 fully saturated rings. The van der Waals surface area contributed by atoms with Crippen molar-refractivity contribution < 1.29 is 22.1 Å². The van der Waals surface area contributed by atoms with Gasteiger partial charge in [0.2, 0.25) is 0 Å². The van der Waals surface area contributed by atoms with Crippen molar-refractivity contribution in [3.05, 3.63) is 34.9 Å². The molecule has 0 aliphatic heterocycles. The van der Waals surface area contributed by atoms with Gasteiger partial charge in [0.25, 0.3) is 0 Å². The smallest absolute Gasteiger partial charge is 0.416 e. The minimum absolute atomic E-state index is 0.0741. The minimum Gasteiger partial charge on any atom is -0.591 e. The predicted molar refractivity (Wildman–Crippen MR) is 71.7 cm³/mol. The molecule has 0 radical (unpaired) electrons. The lowest BCUT2D eigenvalue weighted by Gasteiger charge is -2.17. The number of rotatable bonds is 3. The topological polar surface area (TPSA) is 35.4 Å². The Kier molecular flexibility index (Phi) is 5.21. The van der Waals surface area contributed by atoms with Gasteiger partial charge in [-0.05, 0) is 50.1 Å². The molecular weight excluding hydrogens is 294 g/mol. The molecule has 1 unspecified atom stereocenters. The minimum atomic E-state index is -4.56. The molecule has 1 atom stereocenters. The van der Waals surface area contributed by atoms with Gasteiger partial charge in [0.05, 0.1) is 11.8 Å². The third-order valence-electron chi connectivity index (χ3n) is 2.32. The molecule has 0 aromatic heterocycles. The van der Waals surface area contributed by atoms with Crippen molar-refractivity contribution in [3.8, 4) is 0 Å². The maximum atomic E-state index is 12.6. The summed E-state index contributed by atoms with van der Waals surface area (Å²) in [5.41, 5.74) is -0.969. The molecule has 0 spiro atoms. The lowest BCUT2D eigenvalue weighted by Crippen LogP contribution is -2.25. The highest BCUT2D eigenvalue weighted by Gasteiger charge is 2.31. The van der Waals surface area contributed by atoms with Crippen LogP contribution in [-0.2, 0) is 24.2 Å². The number of alkyl halides is 4. The van der Waals surface area contributed by atoms with Gasteiger partial charge in [-0.2, -0.15) is 13.2 Å². The Hall–Kier alpha value is -1.08. The van der Waals surface area contributed by atoms with Gasteiger partial charge < -0.3 is 4.55 Å². The first-order valence-corrected chi connectivity index (χ1v) is 6.88. The van der Waals surface area contributed by atoms with Gasteiger partial charge in [-0.15, -0.1) is 0 Å². The predicted octanol–water partition coefficient (Wildman–Crippen LogP) is 4.06. The molecule has 0 amide bonds. The third kappa shape index (κ3) is 4.79. The van der Waals surface area contributed by atoms with Gasteiger partial charge in [0.15, 0.2) is 0 Å². The number of hydrogen-bond acceptors (Lipinski definition) is 2. The number of nitrogens with zero attached hydrogens (tertiary/aromatic N) is 1. The quantitative estimate of drug-likeness (QED) is 0.471. The molecule has 1 rings (SSSR count). The molecule has 0 aliphatic rings. The summed E-state index contributed by atoms with van der Waals surface area (Å²) in [7, 11) is 0. The van der Waals surface area contributed by atoms with Crippen LogP contribution in [-0.4, -0.2) is 15.5 Å². The van der Waals surface area contributed by atoms with Gasteiger partial charge in [-0.25, -0.2) is 4.39 Å². The van der Waals surface area contributed by atoms with Crippen LogP contribution in [0.15, 0.2) is 22.6 Å². The standard InChI is InChI=1S/C13H15F4NOS/c1-12(2,3)20(19)18-8-10-4-9(7-14)5-11(6-10)13(15,16)17/h4-6,8H,7H2,1-3H3. The molecule has 1 aromatic carbocycles. The molecule has 2 nitrogen and oxygen atoms in total. The number of benzene rings is 1. The Balaban J connectivity index is 3.10. The number of hydrogen-bond donors (Lipinski definition) is 0. The summed E-state index contributed by atoms with van der Waals surface area (Å²) in [6.07, 6.45) is -3.48. The summed E-state index contributed by atoms with van der Waals surface area (Å²) < 4.78 is 65.3. The van der Waals surface area contributed by atoms with E-state index in [9.17, 15) is 22.1 Å². The Labute approximate surface area is 118 Å². The fourth-order valence-corrected chi connectivity index (χ4v) is 1.83. The summed E-state index contributed by atoms with van der Waals surface area (Å²) in [5.74, 6) is 0. The van der Waals surface area contributed by atoms with E-state index in [0.29, 0.717) is 0 Å². The van der Waals surface area contributed by atoms with E-state index in [0.717, 1.165) is 18.3 Å². The lowest BCUT2D eigenvalue weighted by molar-refractivity contribution is -0.137. The number of halogens is 4. The monoisotopic (exact) mass is 309 g/mol. The van der Waals surface area contributed by atoms with Gasteiger partial charge in [-0.1, -0.05) is 4.40 Å². The van der Waals surface area contributed by atoms with E-state index in [1.807, 2.05) is 0 Å². The Morgan fingerprint density at radius 1 is 1.20 bits per heavy atom. The third-order valence-corrected chi connectivity index (χ3v) is 3.66. The van der Waals surface area contributed by atoms with Crippen LogP contribution < -0.4 is 0 Å². The van der Waals surface area contributed by atoms with Crippen LogP contribution in [0.4, 0.5) is 17.6 Å². The molecule has 0 bridgehead atoms. The van der Waals surface area contributed by atoms with Crippen molar-refractivity contribution in [1.82, 2.24) is 0 Å². The summed E-state index contributed by atoms with van der Waals surface area (Å²) in [6.45, 7) is 4.08. The van der Waals surface area contributed by atoms with Gasteiger partial charge >= 0.3 is 6.18 Å². The van der Waals surface area contributed by atoms with Crippen LogP contribution in [0.2, 0.25) is 0 Å². The summed E-state index contributed by atoms with van der Waals surface area (Å²) >= 11 is -1.58. The summed E-state index contributed by atoms with van der Waals surface area (Å²) in [5, 5.41) is 0. The first-order chi connectivity index (χ1) is 9.04. The molecule has 0 saturated carbocycles. The van der Waals surface area contributed by atoms with Crippen LogP contribution in [0.1, 0.15) is 37.5 Å². The van der Waals surface area contributed by atoms with E-state index in [1.165, 1.54) is 6.07 Å². The average molecular weight is 309 g/mol. The van der Waals surface area contributed by atoms with Crippen molar-refractivity contribution in [1.29, 1.82) is 0 Å². The molecule has 0 aliphatic carbocycles. The summed E-state index contributed by atoms with van der Waals surface area (Å²) in [6, 6.07) is 2.85. The van der Waals surface area contributed by atoms with E-state index in [2.05, 4.69) is 4.40 Å². The highest BCUT2D eigenvalue weighted by molar-refractivity contribution is 7.91. The van der Waals surface area contributed by atoms with E-state index < -0.39 is 34.5 Å². The van der Waals surface area contributed by atoms with Crippen molar-refractivity contribution in [2.24, 2.45) is 4.40 Å². The molecule has 0 heterocycles. The molecule has 20 heavy (non-hydrogen) atoms. The molecule has 7 heteroatoms. The fourth-order valence-electron chi connectivity index (χ4n) is 1.30. The second-order valence-corrected chi connectivity index (χ2v) is 7.12. The first kappa shape index (κ1) is 17.0. The van der Waals surface area contributed by atoms with Crippen LogP contribution in [0.3, 0.4) is 0 Å². The Bertz CT molecular complexity index is 494. The zero-order valence-corrected chi connectivity index (χ0v) is 12.1. The SMILES string of the molecule is CC(C)(C)[S+]([O-])N=Cc1cc(CF)cc(C(F)(F)F)c1. The second kappa shape index (κ2) is 6.13. The first-order valence-electron chi connectivity index (χ1n) is 5.77. The van der Waals surface area contributed by atoms with Crippen LogP contribution in [0, 0.1) is 0 Å². The van der Waals surface area contributed by atoms with Crippen molar-refractivity contribution >= 4 is 17.6 Å². The lowest BCUT2D eigenvalue weighted by atomic mass is 10.1. The van der Waals surface area contributed by atoms with Crippen molar-refractivity contribution in [2.45, 2.75) is 38.4 Å². The van der Waals surface area contributed by atoms with Gasteiger partial charge in [0.1, 0.15) is 22.8 Å². The molecular formula is C13H15F4NOS. The van der Waals surface area contributed by atoms with Crippen LogP contribution >= 0.6 is 0 Å². The average Bonchev–Trinajstić information content (AvgIpc) is 2.33. The molecule has 0 N–H and O–H groups in total. The molecule has 1 aromatic rings. The molecule has 0 saturated heterocycles. The van der Waals surface area contributed by atoms with Crippen LogP contribution in [0.5, 0.6) is 0 Å². The van der Waals surface area contributed by atoms with Gasteiger partial charge in [-0.3, -0.25) is 0 Å². The van der Waals surface area contributed by atoms with E-state index in [1.54, 1.807) is 20.8 Å². The highest BCUT2D eigenvalue weighted by atomic mass is 32.2. The normalized spacial score (nSPS) is 14.8. The maximum Gasteiger partial charge on any atom is 0.416 e. The van der Waals surface area contributed by atoms with Crippen molar-refractivity contribution in [2.75, 3.05) is 0 Å². The second-order valence-electron chi connectivity index (χ2n) is 5.19. The summed E-state index contributed by atoms with van der Waals surface area (Å²) in [4.78, 5) is 0. The van der Waals surface area contributed by atoms with Crippen molar-refractivity contribution in [3.63, 3.8) is 0 Å². The highest BCUT2D eigenvalue weighted by Crippen LogP contribution is 2.30. The zero-order valence-electron chi connectivity index (χ0n) is 11.3. The fraction of sp³-hybridized carbons (Fsp3) is 0.462. The van der Waals surface area contributed by atoms with E-state index >= 15 is 0 Å². The molecule has 112 valence electrons. The zero-order chi connectivity index (χ0) is 15.6. The Morgan fingerprint density at radius 2 is 1.80 bits per heavy atom. The maximum absolute atomic E-state index is 12.6. The largest absolute Gasteiger partial charge is 0.591 e.